The molecule has 1 aromatic carbocycles. The number of nitrogens with zero attached hydrogens (tertiary/aromatic N) is 1. The summed E-state index contributed by atoms with van der Waals surface area (Å²) in [5.74, 6) is -12.0. The van der Waals surface area contributed by atoms with E-state index in [1.54, 1.807) is 0 Å². The molecule has 1 N–H and O–H groups in total. The molecule has 0 bridgehead atoms. The van der Waals surface area contributed by atoms with E-state index < -0.39 is 46.7 Å². The number of halogens is 7. The fourth-order valence-corrected chi connectivity index (χ4v) is 1.62. The number of nitro groups is 1. The molecule has 0 aromatic heterocycles. The van der Waals surface area contributed by atoms with Crippen LogP contribution in [-0.2, 0) is 0 Å². The summed E-state index contributed by atoms with van der Waals surface area (Å²) in [4.78, 5) is 9.54. The Balaban J connectivity index is 3.12. The number of aliphatic hydroxyl groups excluding tert-OH is 1. The van der Waals surface area contributed by atoms with E-state index in [2.05, 4.69) is 0 Å². The number of hydrogen-bond donors (Lipinski definition) is 1. The highest BCUT2D eigenvalue weighted by molar-refractivity contribution is 5.41. The van der Waals surface area contributed by atoms with Crippen molar-refractivity contribution < 1.29 is 40.8 Å². The zero-order valence-electron chi connectivity index (χ0n) is 10.5. The van der Waals surface area contributed by atoms with Gasteiger partial charge in [0, 0.05) is 12.5 Å². The smallest absolute Gasteiger partial charge is 0.388 e. The summed E-state index contributed by atoms with van der Waals surface area (Å²) in [5, 5.41) is 20.1. The van der Waals surface area contributed by atoms with E-state index in [4.69, 9.17) is 0 Å². The summed E-state index contributed by atoms with van der Waals surface area (Å²) in [6, 6.07) is 3.76. The lowest BCUT2D eigenvalue weighted by Crippen LogP contribution is -2.52. The van der Waals surface area contributed by atoms with E-state index in [1.807, 2.05) is 0 Å². The van der Waals surface area contributed by atoms with Gasteiger partial charge in [-0.2, -0.15) is 30.7 Å². The second-order valence-electron chi connectivity index (χ2n) is 4.31. The van der Waals surface area contributed by atoms with Gasteiger partial charge in [0.2, 0.25) is 0 Å². The van der Waals surface area contributed by atoms with E-state index in [9.17, 15) is 46.0 Å². The Morgan fingerprint density at radius 1 is 1.09 bits per heavy atom. The Morgan fingerprint density at radius 3 is 2.05 bits per heavy atom. The van der Waals surface area contributed by atoms with Crippen LogP contribution in [-0.4, -0.2) is 28.1 Å². The average Bonchev–Trinajstić information content (AvgIpc) is 2.36. The fourth-order valence-electron chi connectivity index (χ4n) is 1.62. The molecular formula is C11H8F7NO3. The molecular weight excluding hydrogens is 327 g/mol. The topological polar surface area (TPSA) is 63.4 Å². The molecule has 11 heteroatoms. The monoisotopic (exact) mass is 335 g/mol. The van der Waals surface area contributed by atoms with Crippen LogP contribution in [0.2, 0.25) is 0 Å². The first kappa shape index (κ1) is 18.1. The zero-order chi connectivity index (χ0) is 17.3. The average molecular weight is 335 g/mol. The highest BCUT2D eigenvalue weighted by atomic mass is 19.4. The van der Waals surface area contributed by atoms with Gasteiger partial charge in [-0.25, -0.2) is 0 Å². The summed E-state index contributed by atoms with van der Waals surface area (Å²) in [5.41, 5.74) is -1.66. The number of rotatable bonds is 5. The predicted molar refractivity (Wildman–Crippen MR) is 58.6 cm³/mol. The van der Waals surface area contributed by atoms with Crippen molar-refractivity contribution in [1.29, 1.82) is 0 Å². The van der Waals surface area contributed by atoms with Gasteiger partial charge >= 0.3 is 18.0 Å². The Hall–Kier alpha value is -1.91. The highest BCUT2D eigenvalue weighted by Gasteiger charge is 2.73. The van der Waals surface area contributed by atoms with Gasteiger partial charge in [-0.15, -0.1) is 0 Å². The molecule has 0 aliphatic rings. The number of hydrogen-bond acceptors (Lipinski definition) is 3. The normalized spacial score (nSPS) is 14.7. The van der Waals surface area contributed by atoms with Crippen LogP contribution in [0.3, 0.4) is 0 Å². The molecule has 0 fully saturated rings. The third-order valence-electron chi connectivity index (χ3n) is 2.76. The van der Waals surface area contributed by atoms with Crippen LogP contribution in [0.25, 0.3) is 0 Å². The van der Waals surface area contributed by atoms with Crippen LogP contribution in [0.4, 0.5) is 36.4 Å². The summed E-state index contributed by atoms with van der Waals surface area (Å²) < 4.78 is 87.7. The Bertz CT molecular complexity index is 559. The number of nitro benzene ring substituents is 1. The first-order valence-corrected chi connectivity index (χ1v) is 5.55. The molecule has 0 heterocycles. The molecule has 1 aromatic rings. The molecule has 0 aliphatic carbocycles. The first-order chi connectivity index (χ1) is 9.81. The van der Waals surface area contributed by atoms with Crippen molar-refractivity contribution in [3.05, 3.63) is 39.9 Å². The second kappa shape index (κ2) is 5.71. The van der Waals surface area contributed by atoms with Gasteiger partial charge in [-0.05, 0) is 6.07 Å². The predicted octanol–water partition coefficient (Wildman–Crippen LogP) is 3.85. The van der Waals surface area contributed by atoms with Crippen molar-refractivity contribution in [1.82, 2.24) is 0 Å². The minimum atomic E-state index is -6.53. The Morgan fingerprint density at radius 2 is 1.59 bits per heavy atom. The van der Waals surface area contributed by atoms with Gasteiger partial charge in [0.25, 0.3) is 5.69 Å². The van der Waals surface area contributed by atoms with E-state index in [1.165, 1.54) is 0 Å². The molecule has 0 saturated carbocycles. The van der Waals surface area contributed by atoms with Gasteiger partial charge in [0.15, 0.2) is 0 Å². The summed E-state index contributed by atoms with van der Waals surface area (Å²) >= 11 is 0. The standard InChI is InChI=1S/C11H8F7NO3/c12-9(13,10(14,15)11(16,17)18)5-8(20)6-3-1-2-4-7(6)19(21)22/h1-4,8,20H,5H2. The summed E-state index contributed by atoms with van der Waals surface area (Å²) in [6.07, 6.45) is -11.4. The SMILES string of the molecule is O=[N+]([O-])c1ccccc1C(O)CC(F)(F)C(F)(F)C(F)(F)F. The fraction of sp³-hybridized carbons (Fsp3) is 0.455. The van der Waals surface area contributed by atoms with Crippen LogP contribution in [0.15, 0.2) is 24.3 Å². The Kier molecular flexibility index (Phi) is 4.70. The van der Waals surface area contributed by atoms with Crippen molar-refractivity contribution >= 4 is 5.69 Å². The lowest BCUT2D eigenvalue weighted by Gasteiger charge is -2.29. The molecule has 0 radical (unpaired) electrons. The minimum absolute atomic E-state index is 0.782. The highest BCUT2D eigenvalue weighted by Crippen LogP contribution is 2.50. The lowest BCUT2D eigenvalue weighted by atomic mass is 9.97. The van der Waals surface area contributed by atoms with Crippen LogP contribution in [0.1, 0.15) is 18.1 Å². The van der Waals surface area contributed by atoms with E-state index in [-0.39, 0.29) is 0 Å². The summed E-state index contributed by atoms with van der Waals surface area (Å²) in [6.45, 7) is 0. The molecule has 0 amide bonds. The maximum absolute atomic E-state index is 13.2. The molecule has 1 rings (SSSR count). The number of para-hydroxylation sites is 1. The van der Waals surface area contributed by atoms with Crippen LogP contribution in [0.5, 0.6) is 0 Å². The zero-order valence-corrected chi connectivity index (χ0v) is 10.5. The molecule has 0 saturated heterocycles. The van der Waals surface area contributed by atoms with Gasteiger partial charge in [0.1, 0.15) is 0 Å². The minimum Gasteiger partial charge on any atom is -0.388 e. The molecule has 0 spiro atoms. The number of aliphatic hydroxyl groups is 1. The third kappa shape index (κ3) is 3.29. The lowest BCUT2D eigenvalue weighted by molar-refractivity contribution is -0.386. The maximum atomic E-state index is 13.2. The number of alkyl halides is 7. The van der Waals surface area contributed by atoms with E-state index >= 15 is 0 Å². The maximum Gasteiger partial charge on any atom is 0.459 e. The Labute approximate surface area is 118 Å². The van der Waals surface area contributed by atoms with E-state index in [0.29, 0.717) is 0 Å². The van der Waals surface area contributed by atoms with Crippen molar-refractivity contribution in [2.45, 2.75) is 30.5 Å². The first-order valence-electron chi connectivity index (χ1n) is 5.55. The quantitative estimate of drug-likeness (QED) is 0.505. The number of benzene rings is 1. The van der Waals surface area contributed by atoms with Crippen LogP contribution < -0.4 is 0 Å². The molecule has 1 atom stereocenters. The molecule has 124 valence electrons. The molecule has 1 unspecified atom stereocenters. The second-order valence-corrected chi connectivity index (χ2v) is 4.31. The molecule has 0 aliphatic heterocycles. The molecule has 4 nitrogen and oxygen atoms in total. The van der Waals surface area contributed by atoms with Gasteiger partial charge in [-0.1, -0.05) is 12.1 Å². The van der Waals surface area contributed by atoms with E-state index in [0.717, 1.165) is 24.3 Å². The van der Waals surface area contributed by atoms with Crippen molar-refractivity contribution in [3.8, 4) is 0 Å². The van der Waals surface area contributed by atoms with Crippen LogP contribution in [0, 0.1) is 10.1 Å². The largest absolute Gasteiger partial charge is 0.459 e. The van der Waals surface area contributed by atoms with Crippen molar-refractivity contribution in [2.75, 3.05) is 0 Å². The summed E-state index contributed by atoms with van der Waals surface area (Å²) in [7, 11) is 0. The third-order valence-corrected chi connectivity index (χ3v) is 2.76. The van der Waals surface area contributed by atoms with Gasteiger partial charge in [-0.3, -0.25) is 10.1 Å². The van der Waals surface area contributed by atoms with Gasteiger partial charge < -0.3 is 5.11 Å². The van der Waals surface area contributed by atoms with Gasteiger partial charge in [0.05, 0.1) is 16.6 Å². The van der Waals surface area contributed by atoms with Crippen LogP contribution >= 0.6 is 0 Å². The molecule has 22 heavy (non-hydrogen) atoms. The van der Waals surface area contributed by atoms with Crippen molar-refractivity contribution in [3.63, 3.8) is 0 Å². The van der Waals surface area contributed by atoms with Crippen molar-refractivity contribution in [2.24, 2.45) is 0 Å².